The molecule has 4 nitrogen and oxygen atoms in total. The fraction of sp³-hybridized carbons (Fsp3) is 0.385. The van der Waals surface area contributed by atoms with E-state index in [-0.39, 0.29) is 5.91 Å². The molecule has 0 aliphatic carbocycles. The smallest absolute Gasteiger partial charge is 0.254 e. The highest BCUT2D eigenvalue weighted by atomic mass is 79.9. The maximum atomic E-state index is 13.5. The summed E-state index contributed by atoms with van der Waals surface area (Å²) in [7, 11) is 0. The number of halogens is 1. The van der Waals surface area contributed by atoms with E-state index in [2.05, 4.69) is 58.9 Å². The average Bonchev–Trinajstić information content (AvgIpc) is 2.82. The minimum absolute atomic E-state index is 0.0991. The van der Waals surface area contributed by atoms with Crippen LogP contribution in [0.25, 0.3) is 22.2 Å². The van der Waals surface area contributed by atoms with Gasteiger partial charge in [0.05, 0.1) is 16.8 Å². The van der Waals surface area contributed by atoms with Gasteiger partial charge in [-0.25, -0.2) is 4.98 Å². The van der Waals surface area contributed by atoms with Crippen molar-refractivity contribution in [3.8, 4) is 11.3 Å². The molecule has 2 aromatic carbocycles. The van der Waals surface area contributed by atoms with Crippen LogP contribution in [0.3, 0.4) is 0 Å². The van der Waals surface area contributed by atoms with Crippen LogP contribution in [0.15, 0.2) is 53.0 Å². The summed E-state index contributed by atoms with van der Waals surface area (Å²) in [6, 6.07) is 16.6. The second-order valence-corrected chi connectivity index (χ2v) is 9.16. The number of carbonyl (C=O) groups is 1. The Bertz CT molecular complexity index is 1060. The lowest BCUT2D eigenvalue weighted by Crippen LogP contribution is -2.48. The van der Waals surface area contributed by atoms with Gasteiger partial charge in [0.15, 0.2) is 0 Å². The highest BCUT2D eigenvalue weighted by molar-refractivity contribution is 9.10. The average molecular weight is 480 g/mol. The largest absolute Gasteiger partial charge is 0.336 e. The van der Waals surface area contributed by atoms with Crippen LogP contribution in [0.4, 0.5) is 0 Å². The molecule has 1 aromatic heterocycles. The molecule has 0 atom stereocenters. The topological polar surface area (TPSA) is 36.4 Å². The summed E-state index contributed by atoms with van der Waals surface area (Å²) in [5.74, 6) is 0.0991. The van der Waals surface area contributed by atoms with Gasteiger partial charge in [0.2, 0.25) is 0 Å². The summed E-state index contributed by atoms with van der Waals surface area (Å²) in [5.41, 5.74) is 4.84. The number of hydrogen-bond acceptors (Lipinski definition) is 3. The van der Waals surface area contributed by atoms with E-state index in [0.29, 0.717) is 0 Å². The van der Waals surface area contributed by atoms with E-state index in [1.165, 1.54) is 18.4 Å². The van der Waals surface area contributed by atoms with Crippen LogP contribution in [0.2, 0.25) is 0 Å². The summed E-state index contributed by atoms with van der Waals surface area (Å²) in [6.07, 6.45) is 3.50. The second-order valence-electron chi connectivity index (χ2n) is 8.24. The molecule has 0 saturated carbocycles. The quantitative estimate of drug-likeness (QED) is 0.449. The van der Waals surface area contributed by atoms with E-state index in [4.69, 9.17) is 4.98 Å². The fourth-order valence-electron chi connectivity index (χ4n) is 4.18. The van der Waals surface area contributed by atoms with Gasteiger partial charge in [0.1, 0.15) is 0 Å². The number of piperazine rings is 1. The van der Waals surface area contributed by atoms with Gasteiger partial charge in [0, 0.05) is 41.6 Å². The summed E-state index contributed by atoms with van der Waals surface area (Å²) in [6.45, 7) is 8.82. The van der Waals surface area contributed by atoms with Crippen molar-refractivity contribution in [2.24, 2.45) is 0 Å². The fourth-order valence-corrected chi connectivity index (χ4v) is 4.54. The maximum absolute atomic E-state index is 13.5. The molecule has 1 saturated heterocycles. The first-order chi connectivity index (χ1) is 15.1. The first kappa shape index (κ1) is 22.0. The number of aryl methyl sites for hydroxylation is 1. The zero-order valence-electron chi connectivity index (χ0n) is 18.4. The normalized spacial score (nSPS) is 14.9. The predicted molar refractivity (Wildman–Crippen MR) is 132 cm³/mol. The van der Waals surface area contributed by atoms with Crippen molar-refractivity contribution in [1.29, 1.82) is 0 Å². The van der Waals surface area contributed by atoms with E-state index in [9.17, 15) is 4.79 Å². The summed E-state index contributed by atoms with van der Waals surface area (Å²) >= 11 is 3.56. The molecule has 3 aromatic rings. The number of unbranched alkanes of at least 4 members (excludes halogenated alkanes) is 1. The second kappa shape index (κ2) is 9.92. The van der Waals surface area contributed by atoms with Crippen LogP contribution in [0.5, 0.6) is 0 Å². The number of benzene rings is 2. The Balaban J connectivity index is 1.70. The van der Waals surface area contributed by atoms with Crippen LogP contribution >= 0.6 is 15.9 Å². The molecule has 0 spiro atoms. The Hall–Kier alpha value is -2.24. The minimum Gasteiger partial charge on any atom is -0.336 e. The van der Waals surface area contributed by atoms with Crippen molar-refractivity contribution >= 4 is 32.7 Å². The standard InChI is InChI=1S/C26H30BrN3O/c1-3-5-6-19-7-9-20(10-8-19)25-18-23(22-17-21(27)11-12-24(22)28-25)26(31)30-15-13-29(4-2)14-16-30/h7-12,17-18H,3-6,13-16H2,1-2H3. The number of aromatic nitrogens is 1. The number of pyridine rings is 1. The number of amides is 1. The summed E-state index contributed by atoms with van der Waals surface area (Å²) in [4.78, 5) is 22.8. The molecular weight excluding hydrogens is 450 g/mol. The highest BCUT2D eigenvalue weighted by Crippen LogP contribution is 2.29. The number of hydrogen-bond donors (Lipinski definition) is 0. The zero-order valence-corrected chi connectivity index (χ0v) is 20.0. The Kier molecular flexibility index (Phi) is 7.03. The van der Waals surface area contributed by atoms with Crippen molar-refractivity contribution in [3.63, 3.8) is 0 Å². The summed E-state index contributed by atoms with van der Waals surface area (Å²) in [5, 5.41) is 0.903. The number of likely N-dealkylation sites (N-methyl/N-ethyl adjacent to an activating group) is 1. The number of nitrogens with zero attached hydrogens (tertiary/aromatic N) is 3. The lowest BCUT2D eigenvalue weighted by Gasteiger charge is -2.34. The molecular formula is C26H30BrN3O. The number of carbonyl (C=O) groups excluding carboxylic acids is 1. The molecule has 5 heteroatoms. The maximum Gasteiger partial charge on any atom is 0.254 e. The van der Waals surface area contributed by atoms with Gasteiger partial charge in [-0.05, 0) is 49.2 Å². The predicted octanol–water partition coefficient (Wildman–Crippen LogP) is 5.78. The molecule has 31 heavy (non-hydrogen) atoms. The van der Waals surface area contributed by atoms with E-state index in [0.717, 1.165) is 71.3 Å². The van der Waals surface area contributed by atoms with Crippen molar-refractivity contribution in [1.82, 2.24) is 14.8 Å². The molecule has 2 heterocycles. The monoisotopic (exact) mass is 479 g/mol. The van der Waals surface area contributed by atoms with Crippen LogP contribution in [-0.2, 0) is 6.42 Å². The van der Waals surface area contributed by atoms with Crippen LogP contribution in [0, 0.1) is 0 Å². The number of fused-ring (bicyclic) bond motifs is 1. The van der Waals surface area contributed by atoms with Crippen molar-refractivity contribution in [2.45, 2.75) is 33.1 Å². The van der Waals surface area contributed by atoms with E-state index in [1.54, 1.807) is 0 Å². The van der Waals surface area contributed by atoms with Gasteiger partial charge in [0.25, 0.3) is 5.91 Å². The lowest BCUT2D eigenvalue weighted by molar-refractivity contribution is 0.0645. The Morgan fingerprint density at radius 2 is 1.74 bits per heavy atom. The van der Waals surface area contributed by atoms with Gasteiger partial charge in [-0.1, -0.05) is 60.5 Å². The van der Waals surface area contributed by atoms with E-state index in [1.807, 2.05) is 29.2 Å². The third-order valence-electron chi connectivity index (χ3n) is 6.18. The Morgan fingerprint density at radius 3 is 2.42 bits per heavy atom. The Labute approximate surface area is 193 Å². The zero-order chi connectivity index (χ0) is 21.8. The first-order valence-corrected chi connectivity index (χ1v) is 12.1. The third-order valence-corrected chi connectivity index (χ3v) is 6.67. The SMILES string of the molecule is CCCCc1ccc(-c2cc(C(=O)N3CCN(CC)CC3)c3cc(Br)ccc3n2)cc1. The molecule has 1 aliphatic rings. The van der Waals surface area contributed by atoms with Gasteiger partial charge in [-0.15, -0.1) is 0 Å². The molecule has 162 valence electrons. The van der Waals surface area contributed by atoms with Crippen LogP contribution < -0.4 is 0 Å². The molecule has 0 unspecified atom stereocenters. The van der Waals surface area contributed by atoms with Gasteiger partial charge < -0.3 is 9.80 Å². The van der Waals surface area contributed by atoms with Gasteiger partial charge in [-0.2, -0.15) is 0 Å². The molecule has 1 amide bonds. The van der Waals surface area contributed by atoms with Crippen molar-refractivity contribution in [3.05, 3.63) is 64.1 Å². The van der Waals surface area contributed by atoms with E-state index < -0.39 is 0 Å². The third kappa shape index (κ3) is 4.99. The molecule has 0 N–H and O–H groups in total. The minimum atomic E-state index is 0.0991. The van der Waals surface area contributed by atoms with Gasteiger partial charge in [-0.3, -0.25) is 4.79 Å². The Morgan fingerprint density at radius 1 is 1.00 bits per heavy atom. The molecule has 0 bridgehead atoms. The molecule has 1 aliphatic heterocycles. The first-order valence-electron chi connectivity index (χ1n) is 11.3. The van der Waals surface area contributed by atoms with Crippen LogP contribution in [-0.4, -0.2) is 53.4 Å². The molecule has 4 rings (SSSR count). The van der Waals surface area contributed by atoms with Crippen molar-refractivity contribution < 1.29 is 4.79 Å². The van der Waals surface area contributed by atoms with Crippen LogP contribution in [0.1, 0.15) is 42.6 Å². The van der Waals surface area contributed by atoms with E-state index >= 15 is 0 Å². The van der Waals surface area contributed by atoms with Crippen molar-refractivity contribution in [2.75, 3.05) is 32.7 Å². The number of rotatable bonds is 6. The molecule has 1 fully saturated rings. The highest BCUT2D eigenvalue weighted by Gasteiger charge is 2.24. The molecule has 0 radical (unpaired) electrons. The lowest BCUT2D eigenvalue weighted by atomic mass is 10.0. The summed E-state index contributed by atoms with van der Waals surface area (Å²) < 4.78 is 0.958. The van der Waals surface area contributed by atoms with Gasteiger partial charge >= 0.3 is 0 Å².